The first-order valence-corrected chi connectivity index (χ1v) is 8.07. The number of ether oxygens (including phenoxy) is 2. The highest BCUT2D eigenvalue weighted by Crippen LogP contribution is 2.28. The second-order valence-corrected chi connectivity index (χ2v) is 6.48. The van der Waals surface area contributed by atoms with E-state index in [0.717, 1.165) is 31.0 Å². The molecule has 1 aromatic carbocycles. The van der Waals surface area contributed by atoms with Crippen molar-refractivity contribution in [2.45, 2.75) is 34.2 Å². The van der Waals surface area contributed by atoms with Crippen molar-refractivity contribution >= 4 is 11.6 Å². The third kappa shape index (κ3) is 7.70. The highest BCUT2D eigenvalue weighted by molar-refractivity contribution is 6.32. The molecule has 1 N–H and O–H groups in total. The van der Waals surface area contributed by atoms with Crippen LogP contribution in [0.5, 0.6) is 5.75 Å². The standard InChI is InChI=1S/C17H28ClNO2/c1-13(2)10-19-11-15-6-5-7-16(18)17(15)21-9-8-20-12-14(3)4/h5-7,13-14,19H,8-12H2,1-4H3. The first kappa shape index (κ1) is 18.3. The molecular weight excluding hydrogens is 286 g/mol. The van der Waals surface area contributed by atoms with E-state index < -0.39 is 0 Å². The van der Waals surface area contributed by atoms with Gasteiger partial charge < -0.3 is 14.8 Å². The average Bonchev–Trinajstić information content (AvgIpc) is 2.40. The fourth-order valence-corrected chi connectivity index (χ4v) is 2.12. The minimum Gasteiger partial charge on any atom is -0.489 e. The second-order valence-electron chi connectivity index (χ2n) is 6.07. The first-order valence-electron chi connectivity index (χ1n) is 7.69. The molecule has 4 heteroatoms. The normalized spacial score (nSPS) is 11.4. The van der Waals surface area contributed by atoms with Gasteiger partial charge in [-0.3, -0.25) is 0 Å². The zero-order chi connectivity index (χ0) is 15.7. The summed E-state index contributed by atoms with van der Waals surface area (Å²) in [6.45, 7) is 12.2. The van der Waals surface area contributed by atoms with Gasteiger partial charge in [0.25, 0.3) is 0 Å². The van der Waals surface area contributed by atoms with E-state index in [1.165, 1.54) is 0 Å². The van der Waals surface area contributed by atoms with Crippen molar-refractivity contribution in [2.24, 2.45) is 11.8 Å². The first-order chi connectivity index (χ1) is 10.0. The molecular formula is C17H28ClNO2. The van der Waals surface area contributed by atoms with Gasteiger partial charge in [-0.1, -0.05) is 51.4 Å². The summed E-state index contributed by atoms with van der Waals surface area (Å²) in [7, 11) is 0. The Kier molecular flexibility index (Phi) is 8.74. The molecule has 21 heavy (non-hydrogen) atoms. The molecule has 0 spiro atoms. The smallest absolute Gasteiger partial charge is 0.142 e. The van der Waals surface area contributed by atoms with Crippen LogP contribution in [-0.2, 0) is 11.3 Å². The molecule has 0 aliphatic heterocycles. The Bertz CT molecular complexity index is 408. The van der Waals surface area contributed by atoms with Gasteiger partial charge in [0.05, 0.1) is 11.6 Å². The summed E-state index contributed by atoms with van der Waals surface area (Å²) in [5.74, 6) is 1.93. The molecule has 0 heterocycles. The van der Waals surface area contributed by atoms with Crippen LogP contribution in [-0.4, -0.2) is 26.4 Å². The second kappa shape index (κ2) is 10.0. The minimum atomic E-state index is 0.521. The van der Waals surface area contributed by atoms with Crippen molar-refractivity contribution in [3.05, 3.63) is 28.8 Å². The van der Waals surface area contributed by atoms with E-state index in [1.807, 2.05) is 18.2 Å². The highest BCUT2D eigenvalue weighted by Gasteiger charge is 2.08. The summed E-state index contributed by atoms with van der Waals surface area (Å²) in [5.41, 5.74) is 1.09. The van der Waals surface area contributed by atoms with E-state index in [0.29, 0.717) is 30.1 Å². The van der Waals surface area contributed by atoms with Gasteiger partial charge in [0.15, 0.2) is 0 Å². The summed E-state index contributed by atoms with van der Waals surface area (Å²) in [6, 6.07) is 5.86. The van der Waals surface area contributed by atoms with Gasteiger partial charge in [-0.05, 0) is 24.4 Å². The Hall–Kier alpha value is -0.770. The van der Waals surface area contributed by atoms with Gasteiger partial charge in [0.1, 0.15) is 12.4 Å². The molecule has 0 saturated heterocycles. The molecule has 1 aromatic rings. The van der Waals surface area contributed by atoms with E-state index >= 15 is 0 Å². The molecule has 0 amide bonds. The quantitative estimate of drug-likeness (QED) is 0.659. The van der Waals surface area contributed by atoms with Gasteiger partial charge >= 0.3 is 0 Å². The van der Waals surface area contributed by atoms with Crippen LogP contribution < -0.4 is 10.1 Å². The third-order valence-electron chi connectivity index (χ3n) is 2.84. The Morgan fingerprint density at radius 2 is 1.86 bits per heavy atom. The van der Waals surface area contributed by atoms with Gasteiger partial charge in [-0.25, -0.2) is 0 Å². The monoisotopic (exact) mass is 313 g/mol. The fraction of sp³-hybridized carbons (Fsp3) is 0.647. The van der Waals surface area contributed by atoms with Crippen molar-refractivity contribution < 1.29 is 9.47 Å². The van der Waals surface area contributed by atoms with E-state index in [4.69, 9.17) is 21.1 Å². The molecule has 0 fully saturated rings. The fourth-order valence-electron chi connectivity index (χ4n) is 1.87. The summed E-state index contributed by atoms with van der Waals surface area (Å²) in [5, 5.41) is 4.07. The Morgan fingerprint density at radius 3 is 2.52 bits per heavy atom. The lowest BCUT2D eigenvalue weighted by molar-refractivity contribution is 0.0816. The summed E-state index contributed by atoms with van der Waals surface area (Å²) in [4.78, 5) is 0. The summed E-state index contributed by atoms with van der Waals surface area (Å²) in [6.07, 6.45) is 0. The molecule has 0 unspecified atom stereocenters. The van der Waals surface area contributed by atoms with Crippen LogP contribution in [0.4, 0.5) is 0 Å². The molecule has 0 aliphatic rings. The van der Waals surface area contributed by atoms with Crippen molar-refractivity contribution in [1.82, 2.24) is 5.32 Å². The van der Waals surface area contributed by atoms with E-state index in [1.54, 1.807) is 0 Å². The zero-order valence-electron chi connectivity index (χ0n) is 13.6. The Balaban J connectivity index is 2.47. The van der Waals surface area contributed by atoms with Crippen molar-refractivity contribution in [2.75, 3.05) is 26.4 Å². The topological polar surface area (TPSA) is 30.5 Å². The predicted molar refractivity (Wildman–Crippen MR) is 89.1 cm³/mol. The summed E-state index contributed by atoms with van der Waals surface area (Å²) >= 11 is 6.24. The van der Waals surface area contributed by atoms with Crippen molar-refractivity contribution in [1.29, 1.82) is 0 Å². The van der Waals surface area contributed by atoms with Crippen molar-refractivity contribution in [3.8, 4) is 5.75 Å². The van der Waals surface area contributed by atoms with Crippen LogP contribution in [0.2, 0.25) is 5.02 Å². The maximum atomic E-state index is 6.24. The zero-order valence-corrected chi connectivity index (χ0v) is 14.4. The average molecular weight is 314 g/mol. The van der Waals surface area contributed by atoms with Crippen LogP contribution in [0.25, 0.3) is 0 Å². The lowest BCUT2D eigenvalue weighted by Gasteiger charge is -2.15. The Labute approximate surface area is 134 Å². The van der Waals surface area contributed by atoms with Crippen LogP contribution >= 0.6 is 11.6 Å². The van der Waals surface area contributed by atoms with Gasteiger partial charge in [0.2, 0.25) is 0 Å². The van der Waals surface area contributed by atoms with Gasteiger partial charge in [-0.2, -0.15) is 0 Å². The molecule has 3 nitrogen and oxygen atoms in total. The maximum absolute atomic E-state index is 6.24. The van der Waals surface area contributed by atoms with E-state index in [9.17, 15) is 0 Å². The largest absolute Gasteiger partial charge is 0.489 e. The lowest BCUT2D eigenvalue weighted by Crippen LogP contribution is -2.20. The molecule has 1 rings (SSSR count). The molecule has 0 radical (unpaired) electrons. The van der Waals surface area contributed by atoms with Crippen LogP contribution in [0.15, 0.2) is 18.2 Å². The Morgan fingerprint density at radius 1 is 1.10 bits per heavy atom. The molecule has 0 bridgehead atoms. The lowest BCUT2D eigenvalue weighted by atomic mass is 10.2. The van der Waals surface area contributed by atoms with E-state index in [-0.39, 0.29) is 0 Å². The number of rotatable bonds is 10. The predicted octanol–water partition coefficient (Wildman–Crippen LogP) is 4.14. The van der Waals surface area contributed by atoms with E-state index in [2.05, 4.69) is 33.0 Å². The van der Waals surface area contributed by atoms with Crippen LogP contribution in [0.1, 0.15) is 33.3 Å². The van der Waals surface area contributed by atoms with Crippen molar-refractivity contribution in [3.63, 3.8) is 0 Å². The maximum Gasteiger partial charge on any atom is 0.142 e. The van der Waals surface area contributed by atoms with Crippen LogP contribution in [0, 0.1) is 11.8 Å². The number of para-hydroxylation sites is 1. The molecule has 120 valence electrons. The summed E-state index contributed by atoms with van der Waals surface area (Å²) < 4.78 is 11.3. The number of hydrogen-bond donors (Lipinski definition) is 1. The highest BCUT2D eigenvalue weighted by atomic mass is 35.5. The number of hydrogen-bond acceptors (Lipinski definition) is 3. The van der Waals surface area contributed by atoms with Gasteiger partial charge in [-0.15, -0.1) is 0 Å². The SMILES string of the molecule is CC(C)CNCc1cccc(Cl)c1OCCOCC(C)C. The van der Waals surface area contributed by atoms with Gasteiger partial charge in [0, 0.05) is 18.7 Å². The molecule has 0 aliphatic carbocycles. The third-order valence-corrected chi connectivity index (χ3v) is 3.14. The number of halogens is 1. The number of nitrogens with one attached hydrogen (secondary N) is 1. The molecule has 0 aromatic heterocycles. The number of benzene rings is 1. The van der Waals surface area contributed by atoms with Crippen LogP contribution in [0.3, 0.4) is 0 Å². The minimum absolute atomic E-state index is 0.521. The molecule has 0 saturated carbocycles. The molecule has 0 atom stereocenters.